The van der Waals surface area contributed by atoms with E-state index in [4.69, 9.17) is 4.99 Å². The highest BCUT2D eigenvalue weighted by molar-refractivity contribution is 7.03. The lowest BCUT2D eigenvalue weighted by Gasteiger charge is -2.16. The molecule has 0 N–H and O–H groups in total. The Morgan fingerprint density at radius 3 is 3.00 bits per heavy atom. The van der Waals surface area contributed by atoms with Gasteiger partial charge < -0.3 is 0 Å². The zero-order valence-corrected chi connectivity index (χ0v) is 9.99. The summed E-state index contributed by atoms with van der Waals surface area (Å²) in [6, 6.07) is 6.59. The van der Waals surface area contributed by atoms with Crippen LogP contribution in [0.25, 0.3) is 5.65 Å². The van der Waals surface area contributed by atoms with Crippen molar-refractivity contribution in [3.8, 4) is 0 Å². The summed E-state index contributed by atoms with van der Waals surface area (Å²) in [7, 11) is 0. The van der Waals surface area contributed by atoms with Crippen LogP contribution in [0.4, 0.5) is 0 Å². The fraction of sp³-hybridized carbons (Fsp3) is 0.500. The third-order valence-corrected chi connectivity index (χ3v) is 3.88. The minimum Gasteiger partial charge on any atom is -0.276 e. The number of aromatic nitrogens is 2. The van der Waals surface area contributed by atoms with Crippen LogP contribution in [0, 0.1) is 0 Å². The fourth-order valence-corrected chi connectivity index (χ4v) is 3.02. The molecule has 1 saturated carbocycles. The molecule has 2 heterocycles. The van der Waals surface area contributed by atoms with Gasteiger partial charge in [0.1, 0.15) is 0 Å². The van der Waals surface area contributed by atoms with Gasteiger partial charge in [-0.1, -0.05) is 25.3 Å². The topological polar surface area (TPSA) is 29.7 Å². The van der Waals surface area contributed by atoms with Crippen molar-refractivity contribution in [1.82, 2.24) is 8.77 Å². The predicted molar refractivity (Wildman–Crippen MR) is 65.5 cm³/mol. The van der Waals surface area contributed by atoms with E-state index in [2.05, 4.69) is 8.77 Å². The fourth-order valence-electron chi connectivity index (χ4n) is 2.25. The summed E-state index contributed by atoms with van der Waals surface area (Å²) >= 11 is 1.50. The van der Waals surface area contributed by atoms with Crippen molar-refractivity contribution in [3.05, 3.63) is 29.2 Å². The Bertz CT molecular complexity index is 534. The van der Waals surface area contributed by atoms with Crippen molar-refractivity contribution in [2.45, 2.75) is 38.1 Å². The quantitative estimate of drug-likeness (QED) is 0.744. The molecule has 0 unspecified atom stereocenters. The summed E-state index contributed by atoms with van der Waals surface area (Å²) < 4.78 is 6.48. The first-order chi connectivity index (χ1) is 7.93. The van der Waals surface area contributed by atoms with Crippen LogP contribution in [0.2, 0.25) is 0 Å². The first-order valence-electron chi connectivity index (χ1n) is 5.90. The molecule has 0 aromatic carbocycles. The van der Waals surface area contributed by atoms with Crippen LogP contribution in [0.5, 0.6) is 0 Å². The van der Waals surface area contributed by atoms with E-state index in [1.807, 2.05) is 24.4 Å². The molecule has 2 aromatic rings. The molecule has 1 aliphatic rings. The van der Waals surface area contributed by atoms with Crippen molar-refractivity contribution < 1.29 is 0 Å². The van der Waals surface area contributed by atoms with E-state index >= 15 is 0 Å². The van der Waals surface area contributed by atoms with Crippen LogP contribution < -0.4 is 4.80 Å². The van der Waals surface area contributed by atoms with E-state index in [9.17, 15) is 0 Å². The third-order valence-electron chi connectivity index (χ3n) is 3.13. The first kappa shape index (κ1) is 10.0. The average Bonchev–Trinajstić information content (AvgIpc) is 2.74. The van der Waals surface area contributed by atoms with Gasteiger partial charge in [-0.3, -0.25) is 9.39 Å². The van der Waals surface area contributed by atoms with Crippen LogP contribution >= 0.6 is 11.5 Å². The van der Waals surface area contributed by atoms with E-state index < -0.39 is 0 Å². The molecule has 0 amide bonds. The molecular weight excluding hydrogens is 218 g/mol. The van der Waals surface area contributed by atoms with E-state index in [1.54, 1.807) is 0 Å². The lowest BCUT2D eigenvalue weighted by atomic mass is 9.96. The molecule has 0 spiro atoms. The van der Waals surface area contributed by atoms with Gasteiger partial charge in [-0.2, -0.15) is 4.37 Å². The summed E-state index contributed by atoms with van der Waals surface area (Å²) in [6.45, 7) is 0. The van der Waals surface area contributed by atoms with Crippen LogP contribution in [-0.2, 0) is 0 Å². The van der Waals surface area contributed by atoms with Crippen LogP contribution in [0.15, 0.2) is 29.4 Å². The second-order valence-corrected chi connectivity index (χ2v) is 5.05. The second kappa shape index (κ2) is 4.37. The van der Waals surface area contributed by atoms with Gasteiger partial charge in [0.25, 0.3) is 0 Å². The van der Waals surface area contributed by atoms with Crippen LogP contribution in [0.3, 0.4) is 0 Å². The second-order valence-electron chi connectivity index (χ2n) is 4.31. The van der Waals surface area contributed by atoms with Crippen molar-refractivity contribution in [2.24, 2.45) is 4.99 Å². The summed E-state index contributed by atoms with van der Waals surface area (Å²) in [5, 5.41) is 0. The van der Waals surface area contributed by atoms with Crippen molar-refractivity contribution in [2.75, 3.05) is 0 Å². The van der Waals surface area contributed by atoms with Gasteiger partial charge >= 0.3 is 0 Å². The van der Waals surface area contributed by atoms with Crippen molar-refractivity contribution in [1.29, 1.82) is 0 Å². The molecule has 0 radical (unpaired) electrons. The molecule has 1 aliphatic carbocycles. The Hall–Kier alpha value is -1.16. The molecule has 84 valence electrons. The van der Waals surface area contributed by atoms with Crippen LogP contribution in [0.1, 0.15) is 32.1 Å². The number of rotatable bonds is 1. The van der Waals surface area contributed by atoms with E-state index in [1.165, 1.54) is 43.6 Å². The largest absolute Gasteiger partial charge is 0.276 e. The van der Waals surface area contributed by atoms with Gasteiger partial charge in [-0.25, -0.2) is 0 Å². The molecule has 0 atom stereocenters. The predicted octanol–water partition coefficient (Wildman–Crippen LogP) is 2.63. The van der Waals surface area contributed by atoms with E-state index in [-0.39, 0.29) is 0 Å². The maximum Gasteiger partial charge on any atom is 0.208 e. The smallest absolute Gasteiger partial charge is 0.208 e. The number of nitrogens with zero attached hydrogens (tertiary/aromatic N) is 3. The summed E-state index contributed by atoms with van der Waals surface area (Å²) in [4.78, 5) is 5.87. The molecule has 0 bridgehead atoms. The number of hydrogen-bond acceptors (Lipinski definition) is 3. The van der Waals surface area contributed by atoms with Crippen molar-refractivity contribution in [3.63, 3.8) is 0 Å². The van der Waals surface area contributed by atoms with E-state index in [0.29, 0.717) is 6.04 Å². The summed E-state index contributed by atoms with van der Waals surface area (Å²) in [5.41, 5.74) is 1.00. The Labute approximate surface area is 98.6 Å². The highest BCUT2D eigenvalue weighted by Gasteiger charge is 2.12. The first-order valence-corrected chi connectivity index (χ1v) is 6.68. The maximum absolute atomic E-state index is 4.83. The maximum atomic E-state index is 4.83. The SMILES string of the molecule is c1ccn2c(=NC3CCCCC3)snc2c1. The van der Waals surface area contributed by atoms with Gasteiger partial charge in [0.15, 0.2) is 5.65 Å². The normalized spacial score (nSPS) is 19.4. The molecule has 0 saturated heterocycles. The lowest BCUT2D eigenvalue weighted by molar-refractivity contribution is 0.436. The molecule has 1 fully saturated rings. The van der Waals surface area contributed by atoms with Crippen LogP contribution in [-0.4, -0.2) is 14.8 Å². The Morgan fingerprint density at radius 1 is 1.25 bits per heavy atom. The Kier molecular flexibility index (Phi) is 2.74. The minimum absolute atomic E-state index is 0.519. The Balaban J connectivity index is 2.01. The highest BCUT2D eigenvalue weighted by atomic mass is 32.1. The van der Waals surface area contributed by atoms with Gasteiger partial charge in [0.05, 0.1) is 6.04 Å². The molecule has 0 aliphatic heterocycles. The van der Waals surface area contributed by atoms with Crippen molar-refractivity contribution >= 4 is 17.2 Å². The van der Waals surface area contributed by atoms with Gasteiger partial charge in [0, 0.05) is 17.7 Å². The molecule has 4 heteroatoms. The third kappa shape index (κ3) is 1.89. The Morgan fingerprint density at radius 2 is 2.12 bits per heavy atom. The highest BCUT2D eigenvalue weighted by Crippen LogP contribution is 2.19. The standard InChI is InChI=1S/C12H15N3S/c1-2-6-10(7-3-1)13-12-15-9-5-4-8-11(15)14-16-12/h4-5,8-10H,1-3,6-7H2. The average molecular weight is 233 g/mol. The zero-order chi connectivity index (χ0) is 10.8. The molecule has 3 rings (SSSR count). The molecule has 2 aromatic heterocycles. The minimum atomic E-state index is 0.519. The van der Waals surface area contributed by atoms with Gasteiger partial charge in [-0.15, -0.1) is 0 Å². The lowest BCUT2D eigenvalue weighted by Crippen LogP contribution is -2.16. The van der Waals surface area contributed by atoms with Gasteiger partial charge in [0.2, 0.25) is 4.80 Å². The van der Waals surface area contributed by atoms with Gasteiger partial charge in [-0.05, 0) is 25.0 Å². The zero-order valence-electron chi connectivity index (χ0n) is 9.17. The summed E-state index contributed by atoms with van der Waals surface area (Å²) in [5.74, 6) is 0. The van der Waals surface area contributed by atoms with E-state index in [0.717, 1.165) is 10.4 Å². The number of fused-ring (bicyclic) bond motifs is 1. The number of pyridine rings is 1. The molecule has 16 heavy (non-hydrogen) atoms. The molecule has 3 nitrogen and oxygen atoms in total. The number of hydrogen-bond donors (Lipinski definition) is 0. The molecular formula is C12H15N3S. The monoisotopic (exact) mass is 233 g/mol. The summed E-state index contributed by atoms with van der Waals surface area (Å²) in [6.07, 6.45) is 8.56.